The smallest absolute Gasteiger partial charge is 0.310 e. The van der Waals surface area contributed by atoms with Gasteiger partial charge in [-0.3, -0.25) is 19.4 Å². The number of nitrogens with zero attached hydrogens (tertiary/aromatic N) is 2. The van der Waals surface area contributed by atoms with Crippen molar-refractivity contribution in [2.24, 2.45) is 0 Å². The van der Waals surface area contributed by atoms with E-state index < -0.39 is 11.9 Å². The molecule has 0 bridgehead atoms. The lowest BCUT2D eigenvalue weighted by Crippen LogP contribution is -2.10. The zero-order valence-electron chi connectivity index (χ0n) is 14.1. The van der Waals surface area contributed by atoms with Crippen LogP contribution in [-0.2, 0) is 9.59 Å². The maximum absolute atomic E-state index is 11.0. The van der Waals surface area contributed by atoms with Gasteiger partial charge in [0.15, 0.2) is 11.2 Å². The minimum Gasteiger partial charge on any atom is -0.481 e. The standard InChI is InChI=1S/C11H13NO3.C5H5N5O/c1-7(11(14)15)9-3-5-10(6-4-9)12-8(2)13;6-5-9-3-2(4(11)10-5)7-1-8-3/h3-7H,1-2H3,(H,12,13)(H,14,15);1H,(H4,6,7,8,9,10,11). The lowest BCUT2D eigenvalue weighted by Gasteiger charge is -2.07. The number of benzene rings is 1. The Labute approximate surface area is 147 Å². The number of nitrogens with two attached hydrogens (primary N) is 1. The van der Waals surface area contributed by atoms with E-state index in [1.807, 2.05) is 0 Å². The molecule has 10 heteroatoms. The molecule has 2 aromatic heterocycles. The van der Waals surface area contributed by atoms with Gasteiger partial charge in [-0.05, 0) is 24.6 Å². The summed E-state index contributed by atoms with van der Waals surface area (Å²) in [6.45, 7) is 3.05. The number of nitrogen functional groups attached to an aromatic ring is 1. The second-order valence-corrected chi connectivity index (χ2v) is 5.42. The van der Waals surface area contributed by atoms with E-state index in [2.05, 4.69) is 25.3 Å². The molecule has 0 aliphatic rings. The van der Waals surface area contributed by atoms with Crippen LogP contribution in [-0.4, -0.2) is 36.9 Å². The second kappa shape index (κ2) is 7.92. The third kappa shape index (κ3) is 4.66. The highest BCUT2D eigenvalue weighted by Gasteiger charge is 2.12. The van der Waals surface area contributed by atoms with Crippen molar-refractivity contribution in [3.63, 3.8) is 0 Å². The number of nitrogens with one attached hydrogen (secondary N) is 3. The van der Waals surface area contributed by atoms with Crippen molar-refractivity contribution in [1.29, 1.82) is 0 Å². The van der Waals surface area contributed by atoms with E-state index in [9.17, 15) is 14.4 Å². The van der Waals surface area contributed by atoms with Crippen molar-refractivity contribution in [2.45, 2.75) is 19.8 Å². The van der Waals surface area contributed by atoms with Crippen molar-refractivity contribution in [3.8, 4) is 0 Å². The Morgan fingerprint density at radius 3 is 2.50 bits per heavy atom. The van der Waals surface area contributed by atoms with Gasteiger partial charge in [-0.1, -0.05) is 12.1 Å². The highest BCUT2D eigenvalue weighted by atomic mass is 16.4. The summed E-state index contributed by atoms with van der Waals surface area (Å²) in [5.41, 5.74) is 7.04. The van der Waals surface area contributed by atoms with E-state index in [0.29, 0.717) is 16.9 Å². The van der Waals surface area contributed by atoms with Crippen LogP contribution < -0.4 is 16.6 Å². The third-order valence-corrected chi connectivity index (χ3v) is 3.42. The van der Waals surface area contributed by atoms with Crippen LogP contribution >= 0.6 is 0 Å². The Balaban J connectivity index is 0.000000195. The van der Waals surface area contributed by atoms with Gasteiger partial charge in [0.05, 0.1) is 12.2 Å². The average Bonchev–Trinajstić information content (AvgIpc) is 3.03. The predicted molar refractivity (Wildman–Crippen MR) is 95.7 cm³/mol. The molecule has 0 fully saturated rings. The summed E-state index contributed by atoms with van der Waals surface area (Å²) >= 11 is 0. The van der Waals surface area contributed by atoms with Crippen molar-refractivity contribution in [2.75, 3.05) is 11.1 Å². The van der Waals surface area contributed by atoms with E-state index in [1.165, 1.54) is 13.3 Å². The largest absolute Gasteiger partial charge is 0.481 e. The number of aromatic nitrogens is 4. The number of anilines is 2. The molecule has 3 aromatic rings. The number of carbonyl (C=O) groups is 2. The zero-order chi connectivity index (χ0) is 19.3. The van der Waals surface area contributed by atoms with Crippen LogP contribution in [0.15, 0.2) is 35.4 Å². The Hall–Kier alpha value is -3.69. The Bertz CT molecular complexity index is 976. The number of aliphatic carboxylic acids is 1. The highest BCUT2D eigenvalue weighted by Crippen LogP contribution is 2.18. The first kappa shape index (κ1) is 18.6. The molecule has 0 aliphatic heterocycles. The molecule has 1 atom stereocenters. The first-order valence-electron chi connectivity index (χ1n) is 7.57. The SMILES string of the molecule is CC(=O)Nc1ccc(C(C)C(=O)O)cc1.Nc1nc2nc[nH]c2c(=O)[nH]1. The van der Waals surface area contributed by atoms with Gasteiger partial charge in [0.1, 0.15) is 0 Å². The number of fused-ring (bicyclic) bond motifs is 1. The van der Waals surface area contributed by atoms with Crippen molar-refractivity contribution in [1.82, 2.24) is 19.9 Å². The number of aromatic amines is 2. The van der Waals surface area contributed by atoms with E-state index in [4.69, 9.17) is 10.8 Å². The van der Waals surface area contributed by atoms with Gasteiger partial charge in [-0.2, -0.15) is 4.98 Å². The minimum atomic E-state index is -0.859. The quantitative estimate of drug-likeness (QED) is 0.466. The van der Waals surface area contributed by atoms with Crippen LogP contribution in [0.4, 0.5) is 11.6 Å². The summed E-state index contributed by atoms with van der Waals surface area (Å²) in [6, 6.07) is 6.78. The lowest BCUT2D eigenvalue weighted by atomic mass is 10.0. The third-order valence-electron chi connectivity index (χ3n) is 3.42. The van der Waals surface area contributed by atoms with Crippen molar-refractivity contribution < 1.29 is 14.7 Å². The zero-order valence-corrected chi connectivity index (χ0v) is 14.1. The molecule has 0 aliphatic carbocycles. The Morgan fingerprint density at radius 2 is 1.92 bits per heavy atom. The molecule has 1 aromatic carbocycles. The maximum Gasteiger partial charge on any atom is 0.310 e. The molecule has 0 saturated carbocycles. The predicted octanol–water partition coefficient (Wildman–Crippen LogP) is 1.06. The van der Waals surface area contributed by atoms with Gasteiger partial charge in [0.25, 0.3) is 5.56 Å². The van der Waals surface area contributed by atoms with Crippen LogP contribution in [0.5, 0.6) is 0 Å². The topological polar surface area (TPSA) is 167 Å². The molecule has 1 unspecified atom stereocenters. The van der Waals surface area contributed by atoms with Crippen molar-refractivity contribution >= 4 is 34.7 Å². The number of amides is 1. The van der Waals surface area contributed by atoms with E-state index in [-0.39, 0.29) is 17.4 Å². The highest BCUT2D eigenvalue weighted by molar-refractivity contribution is 5.88. The minimum absolute atomic E-state index is 0.0783. The number of hydrogen-bond donors (Lipinski definition) is 5. The fraction of sp³-hybridized carbons (Fsp3) is 0.188. The molecule has 3 rings (SSSR count). The molecule has 10 nitrogen and oxygen atoms in total. The molecule has 0 spiro atoms. The molecule has 136 valence electrons. The average molecular weight is 358 g/mol. The van der Waals surface area contributed by atoms with Crippen LogP contribution in [0.2, 0.25) is 0 Å². The number of hydrogen-bond acceptors (Lipinski definition) is 6. The van der Waals surface area contributed by atoms with E-state index in [0.717, 1.165) is 5.56 Å². The van der Waals surface area contributed by atoms with E-state index in [1.54, 1.807) is 31.2 Å². The van der Waals surface area contributed by atoms with Crippen LogP contribution in [0.1, 0.15) is 25.3 Å². The summed E-state index contributed by atoms with van der Waals surface area (Å²) in [7, 11) is 0. The summed E-state index contributed by atoms with van der Waals surface area (Å²) in [5, 5.41) is 11.4. The molecule has 0 saturated heterocycles. The molecular formula is C16H18N6O4. The van der Waals surface area contributed by atoms with Gasteiger partial charge >= 0.3 is 5.97 Å². The maximum atomic E-state index is 11.0. The Morgan fingerprint density at radius 1 is 1.27 bits per heavy atom. The number of rotatable bonds is 3. The fourth-order valence-electron chi connectivity index (χ4n) is 2.06. The molecule has 26 heavy (non-hydrogen) atoms. The van der Waals surface area contributed by atoms with Gasteiger partial charge in [-0.25, -0.2) is 4.98 Å². The van der Waals surface area contributed by atoms with Gasteiger partial charge in [0, 0.05) is 12.6 Å². The number of H-pyrrole nitrogens is 2. The van der Waals surface area contributed by atoms with Crippen LogP contribution in [0, 0.1) is 0 Å². The Kier molecular flexibility index (Phi) is 5.68. The summed E-state index contributed by atoms with van der Waals surface area (Å²) < 4.78 is 0. The van der Waals surface area contributed by atoms with Gasteiger partial charge < -0.3 is 21.1 Å². The number of carboxylic acids is 1. The molecule has 0 radical (unpaired) electrons. The summed E-state index contributed by atoms with van der Waals surface area (Å²) in [4.78, 5) is 45.0. The molecular weight excluding hydrogens is 340 g/mol. The number of imidazole rings is 1. The molecule has 6 N–H and O–H groups in total. The first-order chi connectivity index (χ1) is 12.3. The molecule has 2 heterocycles. The fourth-order valence-corrected chi connectivity index (χ4v) is 2.06. The lowest BCUT2D eigenvalue weighted by molar-refractivity contribution is -0.138. The molecule has 1 amide bonds. The number of carbonyl (C=O) groups excluding carboxylic acids is 1. The van der Waals surface area contributed by atoms with Gasteiger partial charge in [0.2, 0.25) is 11.9 Å². The second-order valence-electron chi connectivity index (χ2n) is 5.42. The van der Waals surface area contributed by atoms with Crippen LogP contribution in [0.3, 0.4) is 0 Å². The van der Waals surface area contributed by atoms with Crippen molar-refractivity contribution in [3.05, 3.63) is 46.5 Å². The monoisotopic (exact) mass is 358 g/mol. The van der Waals surface area contributed by atoms with E-state index >= 15 is 0 Å². The summed E-state index contributed by atoms with van der Waals surface area (Å²) in [5.74, 6) is -1.46. The summed E-state index contributed by atoms with van der Waals surface area (Å²) in [6.07, 6.45) is 1.40. The number of carboxylic acid groups (broad SMARTS) is 1. The first-order valence-corrected chi connectivity index (χ1v) is 7.57. The normalized spacial score (nSPS) is 11.3. The van der Waals surface area contributed by atoms with Gasteiger partial charge in [-0.15, -0.1) is 0 Å². The van der Waals surface area contributed by atoms with Crippen LogP contribution in [0.25, 0.3) is 11.2 Å².